The molecule has 0 aliphatic carbocycles. The number of unbranched alkanes of at least 4 members (excludes halogenated alkanes) is 19. The fraction of sp³-hybridized carbons (Fsp3) is 0.889. The van der Waals surface area contributed by atoms with Crippen LogP contribution in [-0.2, 0) is 32.7 Å². The standard InChI is InChI=1S/C36H69O10P/c1-3-5-7-9-11-12-13-14-15-16-17-18-19-20-22-24-26-28-36(40)46-34(30-38)32-44-47(41,42)43-31-33(29-37)45-35(39)27-25-23-21-10-8-6-4-2/h14-15,33-34,37-38H,3-13,16-32H2,1-2H3,(H,41,42)/b15-14-. The van der Waals surface area contributed by atoms with E-state index in [-0.39, 0.29) is 12.8 Å². The fourth-order valence-electron chi connectivity index (χ4n) is 5.05. The molecule has 0 aromatic rings. The molecule has 11 heteroatoms. The lowest BCUT2D eigenvalue weighted by Gasteiger charge is -2.20. The van der Waals surface area contributed by atoms with Crippen LogP contribution in [0.2, 0.25) is 0 Å². The third-order valence-electron chi connectivity index (χ3n) is 7.98. The minimum atomic E-state index is -4.62. The summed E-state index contributed by atoms with van der Waals surface area (Å²) in [6, 6.07) is 0. The number of esters is 2. The maximum atomic E-state index is 12.3. The summed E-state index contributed by atoms with van der Waals surface area (Å²) < 4.78 is 32.3. The summed E-state index contributed by atoms with van der Waals surface area (Å²) in [5.41, 5.74) is 0. The van der Waals surface area contributed by atoms with Crippen molar-refractivity contribution in [2.45, 2.75) is 180 Å². The van der Waals surface area contributed by atoms with Crippen LogP contribution >= 0.6 is 7.82 Å². The topological polar surface area (TPSA) is 149 Å². The SMILES string of the molecule is CCCCCCCC/C=C\CCCCCCCCCC(=O)OC(CO)COP(=O)(O)OCC(CO)OC(=O)CCCCCCCCC. The average molecular weight is 693 g/mol. The normalized spacial score (nSPS) is 14.2. The fourth-order valence-corrected chi connectivity index (χ4v) is 5.83. The number of hydrogen-bond acceptors (Lipinski definition) is 9. The van der Waals surface area contributed by atoms with E-state index in [9.17, 15) is 29.3 Å². The van der Waals surface area contributed by atoms with Crippen molar-refractivity contribution in [2.75, 3.05) is 26.4 Å². The van der Waals surface area contributed by atoms with E-state index in [4.69, 9.17) is 18.5 Å². The number of ether oxygens (including phenoxy) is 2. The van der Waals surface area contributed by atoms with Crippen molar-refractivity contribution in [3.8, 4) is 0 Å². The Morgan fingerprint density at radius 1 is 0.553 bits per heavy atom. The van der Waals surface area contributed by atoms with E-state index >= 15 is 0 Å². The number of carbonyl (C=O) groups excluding carboxylic acids is 2. The Kier molecular flexibility index (Phi) is 32.3. The van der Waals surface area contributed by atoms with Crippen LogP contribution in [0.25, 0.3) is 0 Å². The first-order valence-corrected chi connectivity index (χ1v) is 20.1. The Morgan fingerprint density at radius 3 is 1.21 bits per heavy atom. The van der Waals surface area contributed by atoms with Crippen molar-refractivity contribution in [1.29, 1.82) is 0 Å². The maximum absolute atomic E-state index is 12.3. The summed E-state index contributed by atoms with van der Waals surface area (Å²) in [7, 11) is -4.62. The van der Waals surface area contributed by atoms with E-state index < -0.39 is 58.4 Å². The second-order valence-corrected chi connectivity index (χ2v) is 14.0. The van der Waals surface area contributed by atoms with E-state index in [2.05, 4.69) is 26.0 Å². The summed E-state index contributed by atoms with van der Waals surface area (Å²) in [6.45, 7) is 2.13. The molecule has 0 saturated heterocycles. The molecule has 0 saturated carbocycles. The van der Waals surface area contributed by atoms with Crippen molar-refractivity contribution in [3.05, 3.63) is 12.2 Å². The molecule has 0 aromatic carbocycles. The largest absolute Gasteiger partial charge is 0.472 e. The van der Waals surface area contributed by atoms with Gasteiger partial charge in [-0.25, -0.2) is 4.57 Å². The van der Waals surface area contributed by atoms with E-state index in [1.807, 2.05) is 0 Å². The number of aliphatic hydroxyl groups is 2. The first-order valence-electron chi connectivity index (χ1n) is 18.6. The molecule has 0 amide bonds. The average Bonchev–Trinajstić information content (AvgIpc) is 3.05. The second-order valence-electron chi connectivity index (χ2n) is 12.6. The number of allylic oxidation sites excluding steroid dienone is 2. The van der Waals surface area contributed by atoms with Gasteiger partial charge in [0.25, 0.3) is 0 Å². The number of carbonyl (C=O) groups is 2. The van der Waals surface area contributed by atoms with Crippen molar-refractivity contribution >= 4 is 19.8 Å². The van der Waals surface area contributed by atoms with Gasteiger partial charge < -0.3 is 24.6 Å². The van der Waals surface area contributed by atoms with E-state index in [1.165, 1.54) is 83.5 Å². The molecule has 3 unspecified atom stereocenters. The number of phosphoric acid groups is 1. The lowest BCUT2D eigenvalue weighted by atomic mass is 10.1. The van der Waals surface area contributed by atoms with E-state index in [0.29, 0.717) is 12.8 Å². The van der Waals surface area contributed by atoms with Gasteiger partial charge in [-0.3, -0.25) is 18.6 Å². The molecule has 278 valence electrons. The predicted octanol–water partition coefficient (Wildman–Crippen LogP) is 8.89. The molecular weight excluding hydrogens is 623 g/mol. The molecule has 0 bridgehead atoms. The van der Waals surface area contributed by atoms with Crippen LogP contribution in [0.4, 0.5) is 0 Å². The Bertz CT molecular complexity index is 807. The van der Waals surface area contributed by atoms with Gasteiger partial charge in [0.1, 0.15) is 12.2 Å². The highest BCUT2D eigenvalue weighted by Crippen LogP contribution is 2.43. The molecule has 3 N–H and O–H groups in total. The van der Waals surface area contributed by atoms with Crippen molar-refractivity contribution in [2.24, 2.45) is 0 Å². The van der Waals surface area contributed by atoms with Crippen LogP contribution < -0.4 is 0 Å². The smallest absolute Gasteiger partial charge is 0.457 e. The third kappa shape index (κ3) is 31.7. The highest BCUT2D eigenvalue weighted by Gasteiger charge is 2.27. The summed E-state index contributed by atoms with van der Waals surface area (Å²) in [5.74, 6) is -1.03. The van der Waals surface area contributed by atoms with Crippen LogP contribution in [0.15, 0.2) is 12.2 Å². The predicted molar refractivity (Wildman–Crippen MR) is 187 cm³/mol. The van der Waals surface area contributed by atoms with Gasteiger partial charge in [0.05, 0.1) is 26.4 Å². The molecular formula is C36H69O10P. The molecule has 0 aliphatic heterocycles. The minimum Gasteiger partial charge on any atom is -0.457 e. The quantitative estimate of drug-likeness (QED) is 0.0254. The summed E-state index contributed by atoms with van der Waals surface area (Å²) in [6.07, 6.45) is 27.9. The molecule has 0 aliphatic rings. The summed E-state index contributed by atoms with van der Waals surface area (Å²) in [4.78, 5) is 34.2. The van der Waals surface area contributed by atoms with E-state index in [1.54, 1.807) is 0 Å². The molecule has 47 heavy (non-hydrogen) atoms. The van der Waals surface area contributed by atoms with Gasteiger partial charge in [-0.15, -0.1) is 0 Å². The van der Waals surface area contributed by atoms with Crippen molar-refractivity contribution in [3.63, 3.8) is 0 Å². The number of aliphatic hydroxyl groups excluding tert-OH is 2. The molecule has 3 atom stereocenters. The van der Waals surface area contributed by atoms with Gasteiger partial charge in [0, 0.05) is 12.8 Å². The molecule has 0 radical (unpaired) electrons. The zero-order chi connectivity index (χ0) is 34.9. The lowest BCUT2D eigenvalue weighted by molar-refractivity contribution is -0.153. The lowest BCUT2D eigenvalue weighted by Crippen LogP contribution is -2.28. The van der Waals surface area contributed by atoms with Gasteiger partial charge in [-0.2, -0.15) is 0 Å². The van der Waals surface area contributed by atoms with Gasteiger partial charge in [-0.05, 0) is 38.5 Å². The monoisotopic (exact) mass is 692 g/mol. The summed E-state index contributed by atoms with van der Waals surface area (Å²) >= 11 is 0. The van der Waals surface area contributed by atoms with Crippen LogP contribution in [0, 0.1) is 0 Å². The number of phosphoric ester groups is 1. The van der Waals surface area contributed by atoms with Gasteiger partial charge in [0.2, 0.25) is 0 Å². The van der Waals surface area contributed by atoms with E-state index in [0.717, 1.165) is 44.9 Å². The molecule has 0 rings (SSSR count). The zero-order valence-corrected chi connectivity index (χ0v) is 30.6. The molecule has 0 heterocycles. The first kappa shape index (κ1) is 45.7. The Morgan fingerprint density at radius 2 is 0.872 bits per heavy atom. The molecule has 10 nitrogen and oxygen atoms in total. The van der Waals surface area contributed by atoms with Crippen molar-refractivity contribution in [1.82, 2.24) is 0 Å². The Labute approximate surface area is 286 Å². The van der Waals surface area contributed by atoms with Crippen LogP contribution in [-0.4, -0.2) is 65.7 Å². The molecule has 0 aromatic heterocycles. The number of hydrogen-bond donors (Lipinski definition) is 3. The minimum absolute atomic E-state index is 0.190. The van der Waals surface area contributed by atoms with Gasteiger partial charge in [0.15, 0.2) is 0 Å². The first-order chi connectivity index (χ1) is 22.8. The van der Waals surface area contributed by atoms with Crippen LogP contribution in [0.3, 0.4) is 0 Å². The molecule has 0 spiro atoms. The van der Waals surface area contributed by atoms with Crippen LogP contribution in [0.1, 0.15) is 168 Å². The number of rotatable bonds is 35. The van der Waals surface area contributed by atoms with Crippen LogP contribution in [0.5, 0.6) is 0 Å². The second kappa shape index (κ2) is 33.2. The Hall–Kier alpha value is -1.29. The molecule has 0 fully saturated rings. The highest BCUT2D eigenvalue weighted by atomic mass is 31.2. The zero-order valence-electron chi connectivity index (χ0n) is 29.8. The van der Waals surface area contributed by atoms with Gasteiger partial charge in [-0.1, -0.05) is 129 Å². The summed E-state index contributed by atoms with van der Waals surface area (Å²) in [5, 5.41) is 19.0. The van der Waals surface area contributed by atoms with Crippen molar-refractivity contribution < 1.29 is 47.8 Å². The Balaban J connectivity index is 3.94. The highest BCUT2D eigenvalue weighted by molar-refractivity contribution is 7.47. The van der Waals surface area contributed by atoms with Gasteiger partial charge >= 0.3 is 19.8 Å². The maximum Gasteiger partial charge on any atom is 0.472 e. The third-order valence-corrected chi connectivity index (χ3v) is 8.93.